The van der Waals surface area contributed by atoms with E-state index in [4.69, 9.17) is 0 Å². The van der Waals surface area contributed by atoms with Gasteiger partial charge < -0.3 is 5.11 Å². The molecule has 4 fully saturated rings. The van der Waals surface area contributed by atoms with Crippen molar-refractivity contribution in [2.45, 2.75) is 109 Å². The summed E-state index contributed by atoms with van der Waals surface area (Å²) >= 11 is 0. The van der Waals surface area contributed by atoms with E-state index in [9.17, 15) is 9.32 Å². The van der Waals surface area contributed by atoms with Gasteiger partial charge in [-0.1, -0.05) is 69.2 Å². The summed E-state index contributed by atoms with van der Waals surface area (Å²) in [5, 5.41) is 10.1. The molecule has 3 heteroatoms. The summed E-state index contributed by atoms with van der Waals surface area (Å²) in [5.74, 6) is 2.80. The second-order valence-corrected chi connectivity index (χ2v) is 13.6. The molecule has 0 aliphatic heterocycles. The second kappa shape index (κ2) is 10.4. The Morgan fingerprint density at radius 2 is 1.97 bits per heavy atom. The van der Waals surface area contributed by atoms with Gasteiger partial charge in [0, 0.05) is 16.6 Å². The average Bonchev–Trinajstić information content (AvgIpc) is 3.51. The maximum Gasteiger partial charge on any atom is 0.0639 e. The van der Waals surface area contributed by atoms with Gasteiger partial charge in [0.05, 0.1) is 10.9 Å². The van der Waals surface area contributed by atoms with Crippen LogP contribution in [0.15, 0.2) is 47.6 Å². The maximum absolute atomic E-state index is 12.8. The SMILES string of the molecule is C=C1CCC(O)C/C1=C/C=C1\CCCC2(C)C1CCC2C(C)/C=C/C1(S(=O)CCCC)CC1. The third kappa shape index (κ3) is 5.35. The molecule has 184 valence electrons. The number of rotatable bonds is 8. The maximum atomic E-state index is 12.8. The van der Waals surface area contributed by atoms with Crippen molar-refractivity contribution in [2.75, 3.05) is 5.75 Å². The fourth-order valence-corrected chi connectivity index (χ4v) is 8.82. The van der Waals surface area contributed by atoms with E-state index in [0.717, 1.165) is 50.7 Å². The lowest BCUT2D eigenvalue weighted by atomic mass is 9.61. The summed E-state index contributed by atoms with van der Waals surface area (Å²) in [7, 11) is -0.699. The van der Waals surface area contributed by atoms with Crippen molar-refractivity contribution in [1.82, 2.24) is 0 Å². The molecule has 4 rings (SSSR count). The highest BCUT2D eigenvalue weighted by atomic mass is 32.2. The lowest BCUT2D eigenvalue weighted by Gasteiger charge is -2.44. The van der Waals surface area contributed by atoms with Crippen LogP contribution in [0.4, 0.5) is 0 Å². The number of hydrogen-bond acceptors (Lipinski definition) is 2. The van der Waals surface area contributed by atoms with Crippen LogP contribution in [0.1, 0.15) is 97.8 Å². The van der Waals surface area contributed by atoms with Crippen molar-refractivity contribution in [3.8, 4) is 0 Å². The van der Waals surface area contributed by atoms with Crippen LogP contribution in [-0.4, -0.2) is 25.9 Å². The third-order valence-electron chi connectivity index (χ3n) is 9.44. The van der Waals surface area contributed by atoms with Crippen molar-refractivity contribution in [1.29, 1.82) is 0 Å². The molecule has 1 N–H and O–H groups in total. The lowest BCUT2D eigenvalue weighted by molar-refractivity contribution is 0.112. The lowest BCUT2D eigenvalue weighted by Crippen LogP contribution is -2.35. The van der Waals surface area contributed by atoms with E-state index in [-0.39, 0.29) is 10.9 Å². The van der Waals surface area contributed by atoms with E-state index in [1.165, 1.54) is 43.3 Å². The summed E-state index contributed by atoms with van der Waals surface area (Å²) < 4.78 is 12.8. The highest BCUT2D eigenvalue weighted by Gasteiger charge is 2.51. The molecule has 6 unspecified atom stereocenters. The Hall–Kier alpha value is -0.930. The van der Waals surface area contributed by atoms with Crippen LogP contribution >= 0.6 is 0 Å². The van der Waals surface area contributed by atoms with Crippen LogP contribution in [0.5, 0.6) is 0 Å². The Morgan fingerprint density at radius 1 is 1.18 bits per heavy atom. The Morgan fingerprint density at radius 3 is 2.70 bits per heavy atom. The van der Waals surface area contributed by atoms with Gasteiger partial charge in [-0.3, -0.25) is 4.21 Å². The number of aliphatic hydroxyl groups excluding tert-OH is 1. The molecule has 6 atom stereocenters. The highest BCUT2D eigenvalue weighted by molar-refractivity contribution is 7.86. The van der Waals surface area contributed by atoms with Crippen molar-refractivity contribution in [3.05, 3.63) is 47.6 Å². The van der Waals surface area contributed by atoms with E-state index >= 15 is 0 Å². The van der Waals surface area contributed by atoms with Gasteiger partial charge in [0.1, 0.15) is 0 Å². The third-order valence-corrected chi connectivity index (χ3v) is 11.6. The molecule has 0 amide bonds. The molecule has 0 spiro atoms. The van der Waals surface area contributed by atoms with Crippen LogP contribution in [0.25, 0.3) is 0 Å². The fraction of sp³-hybridized carbons (Fsp3) is 0.733. The number of unbranched alkanes of at least 4 members (excludes halogenated alkanes) is 1. The Labute approximate surface area is 205 Å². The average molecular weight is 471 g/mol. The molecular formula is C30H46O2S. The van der Waals surface area contributed by atoms with Crippen LogP contribution in [0, 0.1) is 23.2 Å². The quantitative estimate of drug-likeness (QED) is 0.374. The molecule has 33 heavy (non-hydrogen) atoms. The van der Waals surface area contributed by atoms with Gasteiger partial charge in [0.2, 0.25) is 0 Å². The van der Waals surface area contributed by atoms with Gasteiger partial charge >= 0.3 is 0 Å². The second-order valence-electron chi connectivity index (χ2n) is 11.7. The minimum absolute atomic E-state index is 0.000884. The molecule has 0 aromatic heterocycles. The molecule has 0 bridgehead atoms. The standard InChI is InChI=1S/C30H46O2S/c1-5-6-20-33(32)30(18-19-30)17-15-23(3)27-13-14-28-24(8-7-16-29(27,28)4)10-11-25-21-26(31)12-9-22(25)2/h10-11,15,17,23,26-28,31H,2,5-9,12-14,16,18-21H2,1,3-4H3/b17-15+,24-10+,25-11-. The molecule has 4 aliphatic carbocycles. The molecular weight excluding hydrogens is 424 g/mol. The van der Waals surface area contributed by atoms with Gasteiger partial charge in [0.15, 0.2) is 0 Å². The largest absolute Gasteiger partial charge is 0.393 e. The summed E-state index contributed by atoms with van der Waals surface area (Å²) in [6.45, 7) is 11.4. The van der Waals surface area contributed by atoms with Crippen LogP contribution in [0.3, 0.4) is 0 Å². The molecule has 0 heterocycles. The molecule has 0 saturated heterocycles. The normalized spacial score (nSPS) is 38.1. The van der Waals surface area contributed by atoms with Crippen molar-refractivity contribution < 1.29 is 9.32 Å². The van der Waals surface area contributed by atoms with Crippen molar-refractivity contribution >= 4 is 10.8 Å². The highest BCUT2D eigenvalue weighted by Crippen LogP contribution is 2.59. The fourth-order valence-electron chi connectivity index (χ4n) is 7.07. The zero-order valence-electron chi connectivity index (χ0n) is 21.3. The number of aliphatic hydroxyl groups is 1. The van der Waals surface area contributed by atoms with E-state index in [0.29, 0.717) is 23.2 Å². The summed E-state index contributed by atoms with van der Waals surface area (Å²) in [6.07, 6.45) is 22.7. The summed E-state index contributed by atoms with van der Waals surface area (Å²) in [4.78, 5) is 0. The van der Waals surface area contributed by atoms with Gasteiger partial charge in [-0.25, -0.2) is 0 Å². The summed E-state index contributed by atoms with van der Waals surface area (Å²) in [6, 6.07) is 0. The number of fused-ring (bicyclic) bond motifs is 1. The summed E-state index contributed by atoms with van der Waals surface area (Å²) in [5.41, 5.74) is 4.46. The van der Waals surface area contributed by atoms with E-state index in [1.54, 1.807) is 5.57 Å². The topological polar surface area (TPSA) is 37.3 Å². The zero-order valence-corrected chi connectivity index (χ0v) is 22.1. The first-order chi connectivity index (χ1) is 15.8. The predicted octanol–water partition coefficient (Wildman–Crippen LogP) is 7.43. The van der Waals surface area contributed by atoms with Gasteiger partial charge in [-0.05, 0) is 99.4 Å². The molecule has 0 radical (unpaired) electrons. The van der Waals surface area contributed by atoms with Gasteiger partial charge in [-0.2, -0.15) is 0 Å². The predicted molar refractivity (Wildman–Crippen MR) is 142 cm³/mol. The molecule has 4 saturated carbocycles. The number of allylic oxidation sites excluding steroid dienone is 5. The first-order valence-electron chi connectivity index (χ1n) is 13.6. The van der Waals surface area contributed by atoms with Crippen molar-refractivity contribution in [3.63, 3.8) is 0 Å². The number of hydrogen-bond donors (Lipinski definition) is 1. The van der Waals surface area contributed by atoms with Crippen LogP contribution in [-0.2, 0) is 10.8 Å². The molecule has 0 aromatic rings. The van der Waals surface area contributed by atoms with Gasteiger partial charge in [0.25, 0.3) is 0 Å². The Bertz CT molecular complexity index is 845. The first-order valence-corrected chi connectivity index (χ1v) is 14.9. The van der Waals surface area contributed by atoms with E-state index in [1.807, 2.05) is 0 Å². The van der Waals surface area contributed by atoms with E-state index < -0.39 is 10.8 Å². The Kier molecular flexibility index (Phi) is 7.90. The molecule has 4 aliphatic rings. The van der Waals surface area contributed by atoms with Gasteiger partial charge in [-0.15, -0.1) is 0 Å². The molecule has 2 nitrogen and oxygen atoms in total. The Balaban J connectivity index is 1.45. The van der Waals surface area contributed by atoms with E-state index in [2.05, 4.69) is 51.7 Å². The minimum Gasteiger partial charge on any atom is -0.393 e. The van der Waals surface area contributed by atoms with Crippen LogP contribution in [0.2, 0.25) is 0 Å². The smallest absolute Gasteiger partial charge is 0.0639 e. The monoisotopic (exact) mass is 470 g/mol. The zero-order chi connectivity index (χ0) is 23.6. The molecule has 0 aromatic carbocycles. The van der Waals surface area contributed by atoms with Crippen molar-refractivity contribution in [2.24, 2.45) is 23.2 Å². The minimum atomic E-state index is -0.699. The van der Waals surface area contributed by atoms with Crippen LogP contribution < -0.4 is 0 Å². The first kappa shape index (κ1) is 25.2.